The van der Waals surface area contributed by atoms with E-state index in [0.717, 1.165) is 12.0 Å². The molecule has 2 N–H and O–H groups in total. The van der Waals surface area contributed by atoms with Crippen LogP contribution in [0.4, 0.5) is 0 Å². The lowest BCUT2D eigenvalue weighted by Gasteiger charge is -2.39. The fourth-order valence-electron chi connectivity index (χ4n) is 1.87. The summed E-state index contributed by atoms with van der Waals surface area (Å²) in [6.45, 7) is 2.53. The zero-order chi connectivity index (χ0) is 12.5. The molecule has 0 saturated carbocycles. The van der Waals surface area contributed by atoms with Gasteiger partial charge in [-0.2, -0.15) is 0 Å². The zero-order valence-corrected chi connectivity index (χ0v) is 10.7. The molecular formula is C12H17NO3S. The summed E-state index contributed by atoms with van der Waals surface area (Å²) < 4.78 is 28.9. The topological polar surface area (TPSA) is 69.4 Å². The lowest BCUT2D eigenvalue weighted by Crippen LogP contribution is -2.60. The molecule has 2 rings (SSSR count). The minimum Gasteiger partial charge on any atom is -0.378 e. The summed E-state index contributed by atoms with van der Waals surface area (Å²) in [5, 5.41) is 0. The standard InChI is InChI=1S/C12H17NO3S/c1-2-10-3-5-11(6-4-10)17(14,15)12(7-13)8-16-9-12/h3-6H,2,7-9,13H2,1H3. The van der Waals surface area contributed by atoms with Gasteiger partial charge in [-0.15, -0.1) is 0 Å². The van der Waals surface area contributed by atoms with Gasteiger partial charge in [0.15, 0.2) is 9.84 Å². The Balaban J connectivity index is 2.37. The van der Waals surface area contributed by atoms with Crippen molar-refractivity contribution in [3.05, 3.63) is 29.8 Å². The molecule has 1 aromatic rings. The third-order valence-corrected chi connectivity index (χ3v) is 5.75. The average Bonchev–Trinajstić information content (AvgIpc) is 2.28. The van der Waals surface area contributed by atoms with Crippen molar-refractivity contribution in [1.29, 1.82) is 0 Å². The second-order valence-corrected chi connectivity index (χ2v) is 6.73. The quantitative estimate of drug-likeness (QED) is 0.862. The van der Waals surface area contributed by atoms with Gasteiger partial charge in [-0.25, -0.2) is 8.42 Å². The number of rotatable bonds is 4. The first kappa shape index (κ1) is 12.5. The Morgan fingerprint density at radius 3 is 2.24 bits per heavy atom. The second-order valence-electron chi connectivity index (χ2n) is 4.38. The molecule has 0 atom stereocenters. The van der Waals surface area contributed by atoms with Crippen molar-refractivity contribution in [2.75, 3.05) is 19.8 Å². The molecule has 1 aliphatic heterocycles. The molecule has 1 aliphatic rings. The van der Waals surface area contributed by atoms with E-state index in [1.165, 1.54) is 0 Å². The summed E-state index contributed by atoms with van der Waals surface area (Å²) in [6, 6.07) is 7.00. The molecule has 5 heteroatoms. The van der Waals surface area contributed by atoms with Crippen LogP contribution in [0.3, 0.4) is 0 Å². The number of ether oxygens (including phenoxy) is 1. The normalized spacial score (nSPS) is 18.7. The molecule has 0 unspecified atom stereocenters. The van der Waals surface area contributed by atoms with E-state index in [2.05, 4.69) is 0 Å². The third kappa shape index (κ3) is 1.88. The lowest BCUT2D eigenvalue weighted by molar-refractivity contribution is -0.00924. The maximum atomic E-state index is 12.4. The van der Waals surface area contributed by atoms with Gasteiger partial charge in [-0.1, -0.05) is 19.1 Å². The van der Waals surface area contributed by atoms with Gasteiger partial charge in [0.2, 0.25) is 0 Å². The highest BCUT2D eigenvalue weighted by molar-refractivity contribution is 7.93. The van der Waals surface area contributed by atoms with Gasteiger partial charge in [0, 0.05) is 6.54 Å². The summed E-state index contributed by atoms with van der Waals surface area (Å²) in [5.74, 6) is 0. The SMILES string of the molecule is CCc1ccc(S(=O)(=O)C2(CN)COC2)cc1. The van der Waals surface area contributed by atoms with Crippen molar-refractivity contribution in [2.45, 2.75) is 23.0 Å². The highest BCUT2D eigenvalue weighted by Crippen LogP contribution is 2.31. The van der Waals surface area contributed by atoms with Crippen LogP contribution in [0.1, 0.15) is 12.5 Å². The number of hydrogen-bond donors (Lipinski definition) is 1. The van der Waals surface area contributed by atoms with Gasteiger partial charge in [0.1, 0.15) is 4.75 Å². The molecule has 17 heavy (non-hydrogen) atoms. The summed E-state index contributed by atoms with van der Waals surface area (Å²) >= 11 is 0. The van der Waals surface area contributed by atoms with E-state index >= 15 is 0 Å². The van der Waals surface area contributed by atoms with Crippen LogP contribution in [-0.2, 0) is 21.0 Å². The predicted molar refractivity (Wildman–Crippen MR) is 65.6 cm³/mol. The first-order valence-electron chi connectivity index (χ1n) is 5.67. The molecule has 1 saturated heterocycles. The average molecular weight is 255 g/mol. The largest absolute Gasteiger partial charge is 0.378 e. The maximum absolute atomic E-state index is 12.4. The Kier molecular flexibility index (Phi) is 3.25. The zero-order valence-electron chi connectivity index (χ0n) is 9.85. The Hall–Kier alpha value is -0.910. The van der Waals surface area contributed by atoms with Crippen LogP contribution >= 0.6 is 0 Å². The van der Waals surface area contributed by atoms with Gasteiger partial charge in [0.05, 0.1) is 18.1 Å². The first-order valence-corrected chi connectivity index (χ1v) is 7.15. The Morgan fingerprint density at radius 1 is 1.29 bits per heavy atom. The van der Waals surface area contributed by atoms with Crippen molar-refractivity contribution in [3.63, 3.8) is 0 Å². The van der Waals surface area contributed by atoms with Crippen LogP contribution < -0.4 is 5.73 Å². The number of benzene rings is 1. The summed E-state index contributed by atoms with van der Waals surface area (Å²) in [4.78, 5) is 0.337. The van der Waals surface area contributed by atoms with Crippen LogP contribution in [0.5, 0.6) is 0 Å². The highest BCUT2D eigenvalue weighted by Gasteiger charge is 2.50. The fraction of sp³-hybridized carbons (Fsp3) is 0.500. The second kappa shape index (κ2) is 4.40. The summed E-state index contributed by atoms with van der Waals surface area (Å²) in [7, 11) is -3.39. The van der Waals surface area contributed by atoms with Gasteiger partial charge in [0.25, 0.3) is 0 Å². The molecule has 1 heterocycles. The number of aryl methyl sites for hydroxylation is 1. The van der Waals surface area contributed by atoms with Crippen molar-refractivity contribution >= 4 is 9.84 Å². The number of hydrogen-bond acceptors (Lipinski definition) is 4. The molecule has 0 aliphatic carbocycles. The van der Waals surface area contributed by atoms with Gasteiger partial charge >= 0.3 is 0 Å². The highest BCUT2D eigenvalue weighted by atomic mass is 32.2. The molecule has 1 fully saturated rings. The summed E-state index contributed by atoms with van der Waals surface area (Å²) in [5.41, 5.74) is 6.71. The van der Waals surface area contributed by atoms with Crippen molar-refractivity contribution in [2.24, 2.45) is 5.73 Å². The smallest absolute Gasteiger partial charge is 0.189 e. The van der Waals surface area contributed by atoms with Crippen LogP contribution in [0.2, 0.25) is 0 Å². The van der Waals surface area contributed by atoms with Gasteiger partial charge in [-0.05, 0) is 24.1 Å². The van der Waals surface area contributed by atoms with E-state index in [4.69, 9.17) is 10.5 Å². The van der Waals surface area contributed by atoms with Gasteiger partial charge < -0.3 is 10.5 Å². The van der Waals surface area contributed by atoms with E-state index in [-0.39, 0.29) is 19.8 Å². The number of sulfone groups is 1. The minimum absolute atomic E-state index is 0.102. The van der Waals surface area contributed by atoms with E-state index in [9.17, 15) is 8.42 Å². The van der Waals surface area contributed by atoms with Crippen molar-refractivity contribution < 1.29 is 13.2 Å². The van der Waals surface area contributed by atoms with E-state index in [1.807, 2.05) is 19.1 Å². The van der Waals surface area contributed by atoms with Gasteiger partial charge in [-0.3, -0.25) is 0 Å². The van der Waals surface area contributed by atoms with E-state index in [1.54, 1.807) is 12.1 Å². The molecule has 0 amide bonds. The molecule has 94 valence electrons. The van der Waals surface area contributed by atoms with Crippen LogP contribution in [0.25, 0.3) is 0 Å². The monoisotopic (exact) mass is 255 g/mol. The van der Waals surface area contributed by atoms with Crippen LogP contribution in [0, 0.1) is 0 Å². The molecule has 4 nitrogen and oxygen atoms in total. The fourth-order valence-corrected chi connectivity index (χ4v) is 3.56. The Labute approximate surface area is 102 Å². The van der Waals surface area contributed by atoms with Crippen LogP contribution in [0.15, 0.2) is 29.2 Å². The molecule has 1 aromatic carbocycles. The van der Waals surface area contributed by atoms with Crippen molar-refractivity contribution in [1.82, 2.24) is 0 Å². The molecule has 0 radical (unpaired) electrons. The van der Waals surface area contributed by atoms with E-state index in [0.29, 0.717) is 4.90 Å². The molecule has 0 spiro atoms. The lowest BCUT2D eigenvalue weighted by atomic mass is 10.1. The maximum Gasteiger partial charge on any atom is 0.189 e. The van der Waals surface area contributed by atoms with E-state index < -0.39 is 14.6 Å². The Morgan fingerprint density at radius 2 is 1.88 bits per heavy atom. The first-order chi connectivity index (χ1) is 8.05. The number of nitrogens with two attached hydrogens (primary N) is 1. The Bertz CT molecular complexity index is 483. The van der Waals surface area contributed by atoms with Crippen molar-refractivity contribution in [3.8, 4) is 0 Å². The molecule has 0 bridgehead atoms. The van der Waals surface area contributed by atoms with Crippen LogP contribution in [-0.4, -0.2) is 32.9 Å². The predicted octanol–water partition coefficient (Wildman–Crippen LogP) is 0.750. The third-order valence-electron chi connectivity index (χ3n) is 3.31. The molecular weight excluding hydrogens is 238 g/mol. The summed E-state index contributed by atoms with van der Waals surface area (Å²) in [6.07, 6.45) is 0.894. The molecule has 0 aromatic heterocycles. The minimum atomic E-state index is -3.39.